The number of aromatic nitrogens is 2. The van der Waals surface area contributed by atoms with E-state index in [-0.39, 0.29) is 11.3 Å². The Balaban J connectivity index is 2.97. The molecule has 0 spiro atoms. The van der Waals surface area contributed by atoms with Crippen molar-refractivity contribution in [3.8, 4) is 0 Å². The van der Waals surface area contributed by atoms with Crippen molar-refractivity contribution in [1.29, 1.82) is 0 Å². The fourth-order valence-electron chi connectivity index (χ4n) is 1.29. The number of nitrogens with zero attached hydrogens (tertiary/aromatic N) is 3. The van der Waals surface area contributed by atoms with Crippen LogP contribution in [0.1, 0.15) is 36.1 Å². The van der Waals surface area contributed by atoms with Gasteiger partial charge in [-0.05, 0) is 11.5 Å². The first kappa shape index (κ1) is 13.1. The predicted molar refractivity (Wildman–Crippen MR) is 64.6 cm³/mol. The van der Waals surface area contributed by atoms with Gasteiger partial charge in [0.1, 0.15) is 4.88 Å². The van der Waals surface area contributed by atoms with Crippen LogP contribution in [0.4, 0.5) is 0 Å². The molecule has 0 unspecified atom stereocenters. The lowest BCUT2D eigenvalue weighted by Crippen LogP contribution is -2.32. The summed E-state index contributed by atoms with van der Waals surface area (Å²) < 4.78 is 3.87. The Morgan fingerprint density at radius 1 is 1.50 bits per heavy atom. The monoisotopic (exact) mass is 242 g/mol. The third kappa shape index (κ3) is 2.76. The zero-order valence-electron chi connectivity index (χ0n) is 10.1. The van der Waals surface area contributed by atoms with E-state index in [0.717, 1.165) is 17.2 Å². The number of rotatable bonds is 3. The molecule has 0 atom stereocenters. The predicted octanol–water partition coefficient (Wildman–Crippen LogP) is 0.866. The normalized spacial score (nSPS) is 11.6. The van der Waals surface area contributed by atoms with Crippen LogP contribution in [-0.2, 0) is 5.41 Å². The lowest BCUT2D eigenvalue weighted by molar-refractivity contribution is 0.0801. The topological polar surface area (TPSA) is 72.1 Å². The average Bonchev–Trinajstić information content (AvgIpc) is 2.64. The van der Waals surface area contributed by atoms with E-state index in [1.165, 1.54) is 0 Å². The molecule has 0 saturated heterocycles. The van der Waals surface area contributed by atoms with Crippen LogP contribution < -0.4 is 5.73 Å². The fraction of sp³-hybridized carbons (Fsp3) is 0.700. The van der Waals surface area contributed by atoms with Gasteiger partial charge in [0.05, 0.1) is 5.69 Å². The maximum Gasteiger partial charge on any atom is 0.267 e. The highest BCUT2D eigenvalue weighted by molar-refractivity contribution is 7.08. The Morgan fingerprint density at radius 3 is 2.62 bits per heavy atom. The Kier molecular flexibility index (Phi) is 3.98. The molecule has 1 amide bonds. The number of carbonyl (C=O) groups is 1. The fourth-order valence-corrected chi connectivity index (χ4v) is 2.16. The van der Waals surface area contributed by atoms with Gasteiger partial charge in [-0.15, -0.1) is 5.10 Å². The van der Waals surface area contributed by atoms with Gasteiger partial charge < -0.3 is 10.6 Å². The minimum Gasteiger partial charge on any atom is -0.340 e. The van der Waals surface area contributed by atoms with Crippen LogP contribution in [0, 0.1) is 0 Å². The maximum absolute atomic E-state index is 12.1. The summed E-state index contributed by atoms with van der Waals surface area (Å²) in [5.41, 5.74) is 6.01. The van der Waals surface area contributed by atoms with Gasteiger partial charge in [0.2, 0.25) is 0 Å². The van der Waals surface area contributed by atoms with Crippen molar-refractivity contribution in [2.45, 2.75) is 26.2 Å². The lowest BCUT2D eigenvalue weighted by atomic mass is 9.91. The molecule has 16 heavy (non-hydrogen) atoms. The summed E-state index contributed by atoms with van der Waals surface area (Å²) in [4.78, 5) is 14.3. The lowest BCUT2D eigenvalue weighted by Gasteiger charge is -2.19. The molecule has 6 heteroatoms. The smallest absolute Gasteiger partial charge is 0.267 e. The number of hydrogen-bond acceptors (Lipinski definition) is 5. The number of carbonyl (C=O) groups excluding carboxylic acids is 1. The molecule has 0 bridgehead atoms. The summed E-state index contributed by atoms with van der Waals surface area (Å²) in [6.45, 7) is 7.05. The van der Waals surface area contributed by atoms with Gasteiger partial charge in [-0.3, -0.25) is 4.79 Å². The number of hydrogen-bond donors (Lipinski definition) is 1. The summed E-state index contributed by atoms with van der Waals surface area (Å²) in [5, 5.41) is 4.04. The highest BCUT2D eigenvalue weighted by atomic mass is 32.1. The van der Waals surface area contributed by atoms with E-state index in [1.807, 2.05) is 20.8 Å². The van der Waals surface area contributed by atoms with Crippen LogP contribution >= 0.6 is 11.5 Å². The molecule has 0 aromatic carbocycles. The van der Waals surface area contributed by atoms with E-state index in [4.69, 9.17) is 5.73 Å². The third-order valence-corrected chi connectivity index (χ3v) is 2.92. The van der Waals surface area contributed by atoms with Crippen molar-refractivity contribution in [2.75, 3.05) is 20.1 Å². The third-order valence-electron chi connectivity index (χ3n) is 2.20. The molecule has 0 aliphatic heterocycles. The zero-order valence-corrected chi connectivity index (χ0v) is 11.0. The molecule has 2 N–H and O–H groups in total. The summed E-state index contributed by atoms with van der Waals surface area (Å²) in [6.07, 6.45) is 0. The summed E-state index contributed by atoms with van der Waals surface area (Å²) in [5.74, 6) is -0.0506. The Morgan fingerprint density at radius 2 is 2.12 bits per heavy atom. The first-order valence-electron chi connectivity index (χ1n) is 5.16. The van der Waals surface area contributed by atoms with Gasteiger partial charge in [-0.1, -0.05) is 25.3 Å². The molecule has 1 heterocycles. The molecular formula is C10H18N4OS. The minimum absolute atomic E-state index is 0.0506. The van der Waals surface area contributed by atoms with Gasteiger partial charge in [0.15, 0.2) is 0 Å². The average molecular weight is 242 g/mol. The SMILES string of the molecule is CN(CCN)C(=O)c1snnc1C(C)(C)C. The molecule has 1 aromatic rings. The molecule has 0 saturated carbocycles. The highest BCUT2D eigenvalue weighted by Crippen LogP contribution is 2.26. The van der Waals surface area contributed by atoms with Crippen LogP contribution in [0.3, 0.4) is 0 Å². The van der Waals surface area contributed by atoms with Crippen LogP contribution in [0.5, 0.6) is 0 Å². The van der Waals surface area contributed by atoms with Crippen molar-refractivity contribution in [2.24, 2.45) is 5.73 Å². The van der Waals surface area contributed by atoms with Crippen molar-refractivity contribution < 1.29 is 4.79 Å². The second kappa shape index (κ2) is 4.88. The van der Waals surface area contributed by atoms with Crippen molar-refractivity contribution >= 4 is 17.4 Å². The second-order valence-corrected chi connectivity index (χ2v) is 5.47. The molecule has 5 nitrogen and oxygen atoms in total. The van der Waals surface area contributed by atoms with Gasteiger partial charge in [-0.2, -0.15) is 0 Å². The molecule has 0 radical (unpaired) electrons. The van der Waals surface area contributed by atoms with Crippen LogP contribution in [0.2, 0.25) is 0 Å². The quantitative estimate of drug-likeness (QED) is 0.853. The largest absolute Gasteiger partial charge is 0.340 e. The molecular weight excluding hydrogens is 224 g/mol. The summed E-state index contributed by atoms with van der Waals surface area (Å²) in [7, 11) is 1.74. The maximum atomic E-state index is 12.1. The van der Waals surface area contributed by atoms with Gasteiger partial charge in [0, 0.05) is 25.6 Å². The Hall–Kier alpha value is -1.01. The molecule has 0 aliphatic carbocycles. The standard InChI is InChI=1S/C10H18N4OS/c1-10(2,3)8-7(16-13-12-8)9(15)14(4)6-5-11/h5-6,11H2,1-4H3. The number of likely N-dealkylation sites (N-methyl/N-ethyl adjacent to an activating group) is 1. The van der Waals surface area contributed by atoms with E-state index in [0.29, 0.717) is 18.0 Å². The van der Waals surface area contributed by atoms with Crippen molar-refractivity contribution in [3.63, 3.8) is 0 Å². The van der Waals surface area contributed by atoms with Crippen LogP contribution in [-0.4, -0.2) is 40.5 Å². The molecule has 90 valence electrons. The molecule has 1 rings (SSSR count). The van der Waals surface area contributed by atoms with E-state index in [1.54, 1.807) is 11.9 Å². The Labute approximate surface area is 99.8 Å². The van der Waals surface area contributed by atoms with Gasteiger partial charge in [-0.25, -0.2) is 0 Å². The highest BCUT2D eigenvalue weighted by Gasteiger charge is 2.27. The Bertz CT molecular complexity index is 369. The summed E-state index contributed by atoms with van der Waals surface area (Å²) in [6, 6.07) is 0. The molecule has 1 aromatic heterocycles. The molecule has 0 aliphatic rings. The minimum atomic E-state index is -0.165. The first-order valence-corrected chi connectivity index (χ1v) is 5.93. The van der Waals surface area contributed by atoms with E-state index in [2.05, 4.69) is 9.59 Å². The summed E-state index contributed by atoms with van der Waals surface area (Å²) >= 11 is 1.15. The van der Waals surface area contributed by atoms with Crippen LogP contribution in [0.25, 0.3) is 0 Å². The first-order chi connectivity index (χ1) is 7.38. The number of nitrogens with two attached hydrogens (primary N) is 1. The molecule has 0 fully saturated rings. The van der Waals surface area contributed by atoms with E-state index in [9.17, 15) is 4.79 Å². The second-order valence-electron chi connectivity index (χ2n) is 4.72. The zero-order chi connectivity index (χ0) is 12.3. The number of amides is 1. The van der Waals surface area contributed by atoms with Gasteiger partial charge in [0.25, 0.3) is 5.91 Å². The van der Waals surface area contributed by atoms with E-state index < -0.39 is 0 Å². The van der Waals surface area contributed by atoms with Crippen molar-refractivity contribution in [3.05, 3.63) is 10.6 Å². The van der Waals surface area contributed by atoms with E-state index >= 15 is 0 Å². The van der Waals surface area contributed by atoms with Crippen molar-refractivity contribution in [1.82, 2.24) is 14.5 Å². The van der Waals surface area contributed by atoms with Gasteiger partial charge >= 0.3 is 0 Å². The van der Waals surface area contributed by atoms with Crippen LogP contribution in [0.15, 0.2) is 0 Å².